The number of rotatable bonds is 12. The molecule has 0 spiro atoms. The van der Waals surface area contributed by atoms with Gasteiger partial charge in [0.2, 0.25) is 5.85 Å². The highest BCUT2D eigenvalue weighted by atomic mass is 35.5. The van der Waals surface area contributed by atoms with Crippen LogP contribution in [-0.4, -0.2) is 85.4 Å². The lowest BCUT2D eigenvalue weighted by atomic mass is 9.87. The topological polar surface area (TPSA) is 97.4 Å². The summed E-state index contributed by atoms with van der Waals surface area (Å²) >= 11 is 8.00. The molecule has 3 aromatic rings. The van der Waals surface area contributed by atoms with Gasteiger partial charge in [-0.1, -0.05) is 35.9 Å². The molecular weight excluding hydrogens is 669 g/mol. The van der Waals surface area contributed by atoms with Crippen LogP contribution in [0.2, 0.25) is 5.02 Å². The number of carbonyl (C=O) groups is 3. The Hall–Kier alpha value is -2.93. The Kier molecular flexibility index (Phi) is 11.7. The summed E-state index contributed by atoms with van der Waals surface area (Å²) in [5.74, 6) is -3.15. The van der Waals surface area contributed by atoms with Gasteiger partial charge in [0, 0.05) is 55.2 Å². The summed E-state index contributed by atoms with van der Waals surface area (Å²) in [6, 6.07) is 10.7. The van der Waals surface area contributed by atoms with Crippen LogP contribution >= 0.6 is 22.9 Å². The molecule has 264 valence electrons. The third kappa shape index (κ3) is 7.57. The fourth-order valence-corrected chi connectivity index (χ4v) is 8.72. The van der Waals surface area contributed by atoms with Crippen LogP contribution in [0.5, 0.6) is 0 Å². The zero-order valence-corrected chi connectivity index (χ0v) is 29.8. The molecular formula is C37H45ClFN3O6S. The molecule has 1 aliphatic carbocycles. The van der Waals surface area contributed by atoms with Crippen LogP contribution in [0.1, 0.15) is 74.2 Å². The summed E-state index contributed by atoms with van der Waals surface area (Å²) < 4.78 is 35.0. The van der Waals surface area contributed by atoms with Crippen LogP contribution in [-0.2, 0) is 30.2 Å². The number of ether oxygens (including phenoxy) is 3. The Morgan fingerprint density at radius 1 is 0.959 bits per heavy atom. The van der Waals surface area contributed by atoms with E-state index in [2.05, 4.69) is 15.1 Å². The minimum absolute atomic E-state index is 0.0914. The number of benzene rings is 2. The first-order valence-corrected chi connectivity index (χ1v) is 18.7. The van der Waals surface area contributed by atoms with Crippen molar-refractivity contribution in [2.75, 3.05) is 45.2 Å². The molecule has 3 heterocycles. The molecule has 1 saturated carbocycles. The highest BCUT2D eigenvalue weighted by molar-refractivity contribution is 7.17. The molecule has 1 atom stereocenters. The van der Waals surface area contributed by atoms with Gasteiger partial charge in [-0.3, -0.25) is 24.2 Å². The SMILES string of the molecule is CCOC(=O)[C@H]1CC[C@H](OC(C(=O)Cc2ccc(NC(=O)c3csc4ccccc34)c(Cl)c2F)(N2CCCC2)N2CCC(OC)CC2)CC1. The van der Waals surface area contributed by atoms with E-state index in [9.17, 15) is 14.4 Å². The highest BCUT2D eigenvalue weighted by Gasteiger charge is 2.53. The first-order chi connectivity index (χ1) is 23.7. The number of ketones is 1. The van der Waals surface area contributed by atoms with E-state index >= 15 is 4.39 Å². The quantitative estimate of drug-likeness (QED) is 0.200. The van der Waals surface area contributed by atoms with Crippen LogP contribution in [0.3, 0.4) is 0 Å². The number of thiophene rings is 1. The van der Waals surface area contributed by atoms with Crippen molar-refractivity contribution in [2.24, 2.45) is 5.92 Å². The molecule has 9 nitrogen and oxygen atoms in total. The molecule has 12 heteroatoms. The predicted octanol–water partition coefficient (Wildman–Crippen LogP) is 7.06. The van der Waals surface area contributed by atoms with Crippen molar-refractivity contribution in [2.45, 2.75) is 82.8 Å². The van der Waals surface area contributed by atoms with Gasteiger partial charge in [0.05, 0.1) is 36.0 Å². The number of amides is 1. The molecule has 49 heavy (non-hydrogen) atoms. The van der Waals surface area contributed by atoms with Gasteiger partial charge in [0.25, 0.3) is 5.91 Å². The maximum atomic E-state index is 16.1. The van der Waals surface area contributed by atoms with Gasteiger partial charge in [-0.25, -0.2) is 4.39 Å². The molecule has 0 radical (unpaired) electrons. The van der Waals surface area contributed by atoms with E-state index in [-0.39, 0.29) is 58.5 Å². The number of esters is 1. The number of hydrogen-bond acceptors (Lipinski definition) is 9. The van der Waals surface area contributed by atoms with Crippen LogP contribution in [0.4, 0.5) is 10.1 Å². The van der Waals surface area contributed by atoms with E-state index in [1.807, 2.05) is 31.2 Å². The van der Waals surface area contributed by atoms with E-state index in [1.165, 1.54) is 17.4 Å². The van der Waals surface area contributed by atoms with Crippen molar-refractivity contribution >= 4 is 56.4 Å². The van der Waals surface area contributed by atoms with Crippen molar-refractivity contribution in [3.05, 3.63) is 63.7 Å². The fraction of sp³-hybridized carbons (Fsp3) is 0.541. The molecule has 3 fully saturated rings. The molecule has 3 aliphatic rings. The maximum Gasteiger partial charge on any atom is 0.308 e. The van der Waals surface area contributed by atoms with Gasteiger partial charge in [-0.2, -0.15) is 0 Å². The average molecular weight is 714 g/mol. The predicted molar refractivity (Wildman–Crippen MR) is 189 cm³/mol. The third-order valence-corrected chi connectivity index (χ3v) is 11.5. The Balaban J connectivity index is 1.25. The van der Waals surface area contributed by atoms with Crippen LogP contribution in [0.15, 0.2) is 41.8 Å². The molecule has 1 amide bonds. The Bertz CT molecular complexity index is 1650. The molecule has 0 bridgehead atoms. The van der Waals surface area contributed by atoms with E-state index in [0.717, 1.165) is 35.8 Å². The number of anilines is 1. The lowest BCUT2D eigenvalue weighted by molar-refractivity contribution is -0.261. The molecule has 1 N–H and O–H groups in total. The van der Waals surface area contributed by atoms with Gasteiger partial charge in [0.15, 0.2) is 5.78 Å². The summed E-state index contributed by atoms with van der Waals surface area (Å²) in [6.45, 7) is 4.69. The van der Waals surface area contributed by atoms with Crippen molar-refractivity contribution in [3.63, 3.8) is 0 Å². The maximum absolute atomic E-state index is 16.1. The van der Waals surface area contributed by atoms with Crippen LogP contribution < -0.4 is 5.32 Å². The smallest absolute Gasteiger partial charge is 0.308 e. The van der Waals surface area contributed by atoms with E-state index in [0.29, 0.717) is 64.0 Å². The second kappa shape index (κ2) is 16.0. The normalized spacial score (nSPS) is 22.2. The zero-order chi connectivity index (χ0) is 34.5. The number of hydrogen-bond donors (Lipinski definition) is 1. The summed E-state index contributed by atoms with van der Waals surface area (Å²) in [5.41, 5.74) is 0.758. The van der Waals surface area contributed by atoms with E-state index in [4.69, 9.17) is 25.8 Å². The number of halogens is 2. The number of piperidine rings is 1. The summed E-state index contributed by atoms with van der Waals surface area (Å²) in [6.07, 6.45) is 5.42. The lowest BCUT2D eigenvalue weighted by Gasteiger charge is -2.51. The number of likely N-dealkylation sites (tertiary alicyclic amines) is 2. The van der Waals surface area contributed by atoms with Crippen molar-refractivity contribution in [3.8, 4) is 0 Å². The second-order valence-corrected chi connectivity index (χ2v) is 14.5. The summed E-state index contributed by atoms with van der Waals surface area (Å²) in [7, 11) is 1.71. The van der Waals surface area contributed by atoms with Crippen molar-refractivity contribution in [1.29, 1.82) is 0 Å². The molecule has 2 saturated heterocycles. The van der Waals surface area contributed by atoms with Crippen LogP contribution in [0, 0.1) is 11.7 Å². The summed E-state index contributed by atoms with van der Waals surface area (Å²) in [4.78, 5) is 44.7. The fourth-order valence-electron chi connectivity index (χ4n) is 7.55. The Morgan fingerprint density at radius 2 is 1.65 bits per heavy atom. The Labute approximate surface area is 296 Å². The molecule has 1 aromatic heterocycles. The number of methoxy groups -OCH3 is 1. The number of nitrogens with zero attached hydrogens (tertiary/aromatic N) is 2. The lowest BCUT2D eigenvalue weighted by Crippen LogP contribution is -2.69. The Morgan fingerprint density at radius 3 is 2.35 bits per heavy atom. The summed E-state index contributed by atoms with van der Waals surface area (Å²) in [5, 5.41) is 5.10. The number of nitrogens with one attached hydrogen (secondary N) is 1. The van der Waals surface area contributed by atoms with Crippen molar-refractivity contribution in [1.82, 2.24) is 9.80 Å². The minimum atomic E-state index is -1.40. The monoisotopic (exact) mass is 713 g/mol. The van der Waals surface area contributed by atoms with Gasteiger partial charge in [-0.05, 0) is 76.0 Å². The molecule has 2 aliphatic heterocycles. The third-order valence-electron chi connectivity index (χ3n) is 10.2. The number of fused-ring (bicyclic) bond motifs is 1. The zero-order valence-electron chi connectivity index (χ0n) is 28.2. The molecule has 2 aromatic carbocycles. The van der Waals surface area contributed by atoms with Gasteiger partial charge in [0.1, 0.15) is 10.8 Å². The van der Waals surface area contributed by atoms with Crippen molar-refractivity contribution < 1.29 is 33.0 Å². The molecule has 1 unspecified atom stereocenters. The standard InChI is InChI=1S/C37H45ClFN3O6S/c1-3-47-36(45)24-10-13-27(14-11-24)48-37(41-18-6-7-19-41,42-20-16-26(46-2)17-21-42)32(43)22-25-12-15-30(33(38)34(25)39)40-35(44)29-23-49-31-9-5-4-8-28(29)31/h4-5,8-9,12,15,23-24,26-27H,3,6-7,10-11,13-14,16-22H2,1-2H3,(H,40,44)/t24-,27-,37?. The van der Waals surface area contributed by atoms with Gasteiger partial charge in [-0.15, -0.1) is 11.3 Å². The second-order valence-electron chi connectivity index (χ2n) is 13.2. The highest BCUT2D eigenvalue weighted by Crippen LogP contribution is 2.38. The minimum Gasteiger partial charge on any atom is -0.466 e. The molecule has 6 rings (SSSR count). The number of Topliss-reactive ketones (excluding diaryl/α,β-unsaturated/α-hetero) is 1. The number of carbonyl (C=O) groups excluding carboxylic acids is 3. The largest absolute Gasteiger partial charge is 0.466 e. The van der Waals surface area contributed by atoms with Gasteiger partial charge >= 0.3 is 5.97 Å². The van der Waals surface area contributed by atoms with E-state index in [1.54, 1.807) is 18.6 Å². The first-order valence-electron chi connectivity index (χ1n) is 17.4. The van der Waals surface area contributed by atoms with E-state index < -0.39 is 11.7 Å². The van der Waals surface area contributed by atoms with Crippen LogP contribution in [0.25, 0.3) is 10.1 Å². The van der Waals surface area contributed by atoms with Gasteiger partial charge < -0.3 is 19.5 Å². The average Bonchev–Trinajstić information content (AvgIpc) is 3.82. The first kappa shape index (κ1) is 35.9.